The van der Waals surface area contributed by atoms with E-state index in [1.54, 1.807) is 5.32 Å². The molecule has 1 aliphatic rings. The van der Waals surface area contributed by atoms with Gasteiger partial charge in [-0.3, -0.25) is 29.9 Å². The van der Waals surface area contributed by atoms with E-state index in [1.165, 1.54) is 0 Å². The lowest BCUT2D eigenvalue weighted by molar-refractivity contribution is -0.137. The lowest BCUT2D eigenvalue weighted by Gasteiger charge is -2.19. The van der Waals surface area contributed by atoms with E-state index in [2.05, 4.69) is 16.0 Å². The number of aliphatic carboxylic acids is 1. The number of hydrogen-bond donors (Lipinski definition) is 8. The number of carboxylic acids is 1. The number of carbonyl (C=O) groups is 6. The van der Waals surface area contributed by atoms with Gasteiger partial charge >= 0.3 is 18.0 Å². The topological polar surface area (TPSA) is 234 Å². The third-order valence-electron chi connectivity index (χ3n) is 3.78. The van der Waals surface area contributed by atoms with Crippen molar-refractivity contribution >= 4 is 35.8 Å². The molecule has 0 saturated carbocycles. The fourth-order valence-corrected chi connectivity index (χ4v) is 2.26. The van der Waals surface area contributed by atoms with Gasteiger partial charge in [0.1, 0.15) is 18.7 Å². The van der Waals surface area contributed by atoms with Gasteiger partial charge in [0.25, 0.3) is 5.91 Å². The van der Waals surface area contributed by atoms with E-state index in [-0.39, 0.29) is 32.8 Å². The van der Waals surface area contributed by atoms with E-state index in [1.807, 2.05) is 10.9 Å². The van der Waals surface area contributed by atoms with Crippen molar-refractivity contribution in [3.05, 3.63) is 0 Å². The van der Waals surface area contributed by atoms with Crippen LogP contribution in [0.1, 0.15) is 12.8 Å². The average molecular weight is 462 g/mol. The highest BCUT2D eigenvalue weighted by Gasteiger charge is 2.24. The van der Waals surface area contributed by atoms with Crippen molar-refractivity contribution < 1.29 is 48.5 Å². The summed E-state index contributed by atoms with van der Waals surface area (Å²) in [5, 5.41) is 26.6. The van der Waals surface area contributed by atoms with Gasteiger partial charge in [-0.1, -0.05) is 0 Å². The summed E-state index contributed by atoms with van der Waals surface area (Å²) in [4.78, 5) is 70.4. The van der Waals surface area contributed by atoms with Gasteiger partial charge in [0.2, 0.25) is 11.8 Å². The Hall–Kier alpha value is -3.50. The molecule has 0 aliphatic carbocycles. The van der Waals surface area contributed by atoms with Crippen molar-refractivity contribution in [1.29, 1.82) is 0 Å². The second-order valence-electron chi connectivity index (χ2n) is 6.29. The highest BCUT2D eigenvalue weighted by atomic mass is 16.5. The second-order valence-corrected chi connectivity index (χ2v) is 6.29. The number of ether oxygens (including phenoxy) is 2. The van der Waals surface area contributed by atoms with Crippen molar-refractivity contribution in [3.63, 3.8) is 0 Å². The normalized spacial score (nSPS) is 22.8. The van der Waals surface area contributed by atoms with Gasteiger partial charge < -0.3 is 35.6 Å². The van der Waals surface area contributed by atoms with Gasteiger partial charge in [-0.2, -0.15) is 0 Å². The molecule has 0 bridgehead atoms. The predicted molar refractivity (Wildman–Crippen MR) is 103 cm³/mol. The van der Waals surface area contributed by atoms with E-state index in [0.717, 1.165) is 0 Å². The summed E-state index contributed by atoms with van der Waals surface area (Å²) in [5.41, 5.74) is 3.71. The van der Waals surface area contributed by atoms with Crippen molar-refractivity contribution in [2.75, 3.05) is 39.6 Å². The maximum absolute atomic E-state index is 12.2. The molecule has 180 valence electrons. The molecule has 8 N–H and O–H groups in total. The van der Waals surface area contributed by atoms with Crippen LogP contribution in [-0.2, 0) is 28.7 Å². The Morgan fingerprint density at radius 1 is 0.906 bits per heavy atom. The third-order valence-corrected chi connectivity index (χ3v) is 3.78. The second kappa shape index (κ2) is 14.5. The molecule has 16 nitrogen and oxygen atoms in total. The number of carbonyl (C=O) groups excluding carboxylic acids is 5. The minimum Gasteiger partial charge on any atom is -0.481 e. The minimum absolute atomic E-state index is 0.0242. The molecule has 1 aliphatic heterocycles. The van der Waals surface area contributed by atoms with Crippen LogP contribution in [0.25, 0.3) is 0 Å². The lowest BCUT2D eigenvalue weighted by Crippen LogP contribution is -2.58. The van der Waals surface area contributed by atoms with Crippen LogP contribution in [0.15, 0.2) is 0 Å². The van der Waals surface area contributed by atoms with E-state index < -0.39 is 67.5 Å². The molecule has 0 aromatic rings. The number of hydrazine groups is 1. The molecular weight excluding hydrogens is 436 g/mol. The Balaban J connectivity index is 2.78. The largest absolute Gasteiger partial charge is 0.481 e. The fraction of sp³-hybridized carbons (Fsp3) is 0.625. The molecule has 0 aromatic carbocycles. The zero-order valence-electron chi connectivity index (χ0n) is 17.0. The number of amides is 7. The molecule has 0 radical (unpaired) electrons. The Morgan fingerprint density at radius 2 is 1.62 bits per heavy atom. The maximum atomic E-state index is 12.2. The fourth-order valence-electron chi connectivity index (χ4n) is 2.26. The molecule has 0 spiro atoms. The van der Waals surface area contributed by atoms with Crippen LogP contribution in [-0.4, -0.2) is 97.6 Å². The van der Waals surface area contributed by atoms with Crippen LogP contribution in [0.2, 0.25) is 0 Å². The Morgan fingerprint density at radius 3 is 2.31 bits per heavy atom. The van der Waals surface area contributed by atoms with Crippen LogP contribution in [0, 0.1) is 0 Å². The van der Waals surface area contributed by atoms with Gasteiger partial charge in [-0.25, -0.2) is 15.0 Å². The number of hydrogen-bond acceptors (Lipinski definition) is 9. The van der Waals surface area contributed by atoms with Gasteiger partial charge in [-0.15, -0.1) is 0 Å². The van der Waals surface area contributed by atoms with E-state index >= 15 is 0 Å². The first-order valence-electron chi connectivity index (χ1n) is 9.45. The Kier molecular flexibility index (Phi) is 12.0. The number of carboxylic acid groups (broad SMARTS) is 1. The third kappa shape index (κ3) is 11.0. The zero-order valence-corrected chi connectivity index (χ0v) is 17.0. The predicted octanol–water partition coefficient (Wildman–Crippen LogP) is -4.10. The molecule has 0 aromatic heterocycles. The van der Waals surface area contributed by atoms with E-state index in [9.17, 15) is 33.9 Å². The van der Waals surface area contributed by atoms with Crippen LogP contribution in [0.5, 0.6) is 0 Å². The van der Waals surface area contributed by atoms with Crippen molar-refractivity contribution in [3.8, 4) is 0 Å². The summed E-state index contributed by atoms with van der Waals surface area (Å²) in [6, 6.07) is -5.03. The van der Waals surface area contributed by atoms with Crippen LogP contribution < -0.4 is 32.1 Å². The Labute approximate surface area is 181 Å². The standard InChI is InChI=1S/C16H26N6O10/c23-7-10-14(28)21-22-16(30)20-15(29)19-9(1-2-12(25)26)13(27)17-3-4-31-5-6-32-8-11(24)18-10/h9-10,23H,1-8H2,(H,17,27)(H,18,24)(H,21,28)(H,25,26)(H3,19,20,22,29,30)/t9-,10-/m0/s1. The first-order valence-corrected chi connectivity index (χ1v) is 9.45. The SMILES string of the molecule is O=C(O)CC[C@@H]1NC(=O)NC(=O)NNC(=O)[C@H](CO)NC(=O)COCCOCCNC1=O. The molecular formula is C16H26N6O10. The Bertz CT molecular complexity index is 703. The smallest absolute Gasteiger partial charge is 0.341 e. The molecule has 1 fully saturated rings. The van der Waals surface area contributed by atoms with Crippen molar-refractivity contribution in [1.82, 2.24) is 32.1 Å². The number of nitrogens with one attached hydrogen (secondary N) is 6. The molecule has 1 rings (SSSR count). The molecule has 32 heavy (non-hydrogen) atoms. The number of urea groups is 2. The van der Waals surface area contributed by atoms with Crippen molar-refractivity contribution in [2.24, 2.45) is 0 Å². The van der Waals surface area contributed by atoms with Gasteiger partial charge in [0.05, 0.1) is 26.4 Å². The van der Waals surface area contributed by atoms with Crippen LogP contribution in [0.3, 0.4) is 0 Å². The summed E-state index contributed by atoms with van der Waals surface area (Å²) in [5.74, 6) is -3.60. The van der Waals surface area contributed by atoms with Crippen LogP contribution in [0.4, 0.5) is 9.59 Å². The average Bonchev–Trinajstić information content (AvgIpc) is 2.74. The quantitative estimate of drug-likeness (QED) is 0.201. The highest BCUT2D eigenvalue weighted by Crippen LogP contribution is 1.98. The molecule has 16 heteroatoms. The maximum Gasteiger partial charge on any atom is 0.341 e. The zero-order chi connectivity index (χ0) is 23.9. The summed E-state index contributed by atoms with van der Waals surface area (Å²) >= 11 is 0. The summed E-state index contributed by atoms with van der Waals surface area (Å²) in [6.45, 7) is -1.00. The minimum atomic E-state index is -1.41. The first-order chi connectivity index (χ1) is 15.2. The number of imide groups is 1. The highest BCUT2D eigenvalue weighted by molar-refractivity contribution is 5.97. The first kappa shape index (κ1) is 26.5. The van der Waals surface area contributed by atoms with Gasteiger partial charge in [0.15, 0.2) is 0 Å². The molecule has 7 amide bonds. The molecule has 0 unspecified atom stereocenters. The van der Waals surface area contributed by atoms with E-state index in [4.69, 9.17) is 14.6 Å². The molecule has 2 atom stereocenters. The monoisotopic (exact) mass is 462 g/mol. The molecule has 1 heterocycles. The van der Waals surface area contributed by atoms with E-state index in [0.29, 0.717) is 0 Å². The van der Waals surface area contributed by atoms with Gasteiger partial charge in [0, 0.05) is 13.0 Å². The number of rotatable bonds is 4. The summed E-state index contributed by atoms with van der Waals surface area (Å²) in [7, 11) is 0. The number of aliphatic hydroxyl groups excluding tert-OH is 1. The summed E-state index contributed by atoms with van der Waals surface area (Å²) in [6.07, 6.45) is -0.678. The van der Waals surface area contributed by atoms with Crippen LogP contribution >= 0.6 is 0 Å². The number of aliphatic hydroxyl groups is 1. The summed E-state index contributed by atoms with van der Waals surface area (Å²) < 4.78 is 10.3. The van der Waals surface area contributed by atoms with Crippen molar-refractivity contribution in [2.45, 2.75) is 24.9 Å². The molecule has 1 saturated heterocycles. The lowest BCUT2D eigenvalue weighted by atomic mass is 10.1. The van der Waals surface area contributed by atoms with Gasteiger partial charge in [-0.05, 0) is 6.42 Å².